The van der Waals surface area contributed by atoms with Crippen LogP contribution >= 0.6 is 11.3 Å². The van der Waals surface area contributed by atoms with Gasteiger partial charge in [-0.3, -0.25) is 10.1 Å². The minimum Gasteiger partial charge on any atom is -0.497 e. The average Bonchev–Trinajstić information content (AvgIpc) is 3.33. The molecule has 0 atom stereocenters. The number of carbonyl (C=O) groups is 1. The summed E-state index contributed by atoms with van der Waals surface area (Å²) >= 11 is 1.38. The highest BCUT2D eigenvalue weighted by Gasteiger charge is 2.16. The number of aromatic nitrogens is 2. The monoisotopic (exact) mass is 353 g/mol. The number of benzene rings is 1. The molecule has 0 aliphatic rings. The standard InChI is InChI=1S/C18H15N3O3S/c1-21-14-6-7-24-16(14)9-15(21)17(22)20-18-19-13(10-25-18)11-4-3-5-12(8-11)23-2/h3-10H,1-2H3,(H,19,20,22). The molecule has 7 heteroatoms. The van der Waals surface area contributed by atoms with E-state index in [0.29, 0.717) is 16.4 Å². The summed E-state index contributed by atoms with van der Waals surface area (Å²) in [5.74, 6) is 0.544. The van der Waals surface area contributed by atoms with Gasteiger partial charge in [-0.2, -0.15) is 0 Å². The zero-order valence-corrected chi connectivity index (χ0v) is 14.5. The number of carbonyl (C=O) groups excluding carboxylic acids is 1. The van der Waals surface area contributed by atoms with Crippen LogP contribution in [0.1, 0.15) is 10.5 Å². The number of rotatable bonds is 4. The molecule has 6 nitrogen and oxygen atoms in total. The summed E-state index contributed by atoms with van der Waals surface area (Å²) in [6.45, 7) is 0. The van der Waals surface area contributed by atoms with Gasteiger partial charge in [-0.05, 0) is 12.1 Å². The number of nitrogens with one attached hydrogen (secondary N) is 1. The summed E-state index contributed by atoms with van der Waals surface area (Å²) < 4.78 is 12.4. The highest BCUT2D eigenvalue weighted by atomic mass is 32.1. The summed E-state index contributed by atoms with van der Waals surface area (Å²) in [6, 6.07) is 11.2. The van der Waals surface area contributed by atoms with Crippen molar-refractivity contribution in [2.45, 2.75) is 0 Å². The van der Waals surface area contributed by atoms with Gasteiger partial charge in [0, 0.05) is 30.1 Å². The van der Waals surface area contributed by atoms with Crippen LogP contribution in [0.15, 0.2) is 52.5 Å². The molecule has 0 spiro atoms. The molecule has 0 aliphatic heterocycles. The van der Waals surface area contributed by atoms with E-state index in [1.165, 1.54) is 11.3 Å². The summed E-state index contributed by atoms with van der Waals surface area (Å²) in [4.78, 5) is 17.0. The Bertz CT molecular complexity index is 1060. The summed E-state index contributed by atoms with van der Waals surface area (Å²) in [7, 11) is 3.46. The Kier molecular flexibility index (Phi) is 3.77. The molecule has 0 saturated heterocycles. The van der Waals surface area contributed by atoms with Crippen LogP contribution in [0.2, 0.25) is 0 Å². The fraction of sp³-hybridized carbons (Fsp3) is 0.111. The number of anilines is 1. The fourth-order valence-corrected chi connectivity index (χ4v) is 3.39. The second kappa shape index (κ2) is 6.10. The number of nitrogens with zero attached hydrogens (tertiary/aromatic N) is 2. The molecule has 0 unspecified atom stereocenters. The number of methoxy groups -OCH3 is 1. The van der Waals surface area contributed by atoms with E-state index < -0.39 is 0 Å². The highest BCUT2D eigenvalue weighted by molar-refractivity contribution is 7.14. The maximum Gasteiger partial charge on any atom is 0.274 e. The normalized spacial score (nSPS) is 11.0. The third kappa shape index (κ3) is 2.78. The van der Waals surface area contributed by atoms with E-state index in [1.807, 2.05) is 42.8 Å². The maximum atomic E-state index is 12.5. The number of furan rings is 1. The molecule has 4 aromatic rings. The Balaban J connectivity index is 1.57. The molecule has 0 saturated carbocycles. The van der Waals surface area contributed by atoms with E-state index in [2.05, 4.69) is 10.3 Å². The van der Waals surface area contributed by atoms with E-state index in [0.717, 1.165) is 22.5 Å². The summed E-state index contributed by atoms with van der Waals surface area (Å²) in [5.41, 5.74) is 3.81. The minimum atomic E-state index is -0.222. The zero-order valence-electron chi connectivity index (χ0n) is 13.6. The first-order valence-electron chi connectivity index (χ1n) is 7.60. The topological polar surface area (TPSA) is 69.3 Å². The van der Waals surface area contributed by atoms with Gasteiger partial charge >= 0.3 is 0 Å². The second-order valence-corrected chi connectivity index (χ2v) is 6.34. The number of fused-ring (bicyclic) bond motifs is 1. The Hall–Kier alpha value is -3.06. The largest absolute Gasteiger partial charge is 0.497 e. The van der Waals surface area contributed by atoms with Crippen molar-refractivity contribution in [3.05, 3.63) is 53.7 Å². The molecule has 0 aliphatic carbocycles. The first-order valence-corrected chi connectivity index (χ1v) is 8.48. The van der Waals surface area contributed by atoms with Gasteiger partial charge in [0.1, 0.15) is 11.4 Å². The lowest BCUT2D eigenvalue weighted by Gasteiger charge is -2.03. The molecule has 0 bridgehead atoms. The van der Waals surface area contributed by atoms with Gasteiger partial charge in [-0.15, -0.1) is 11.3 Å². The van der Waals surface area contributed by atoms with Crippen LogP contribution in [0.4, 0.5) is 5.13 Å². The van der Waals surface area contributed by atoms with Gasteiger partial charge in [0.15, 0.2) is 10.7 Å². The lowest BCUT2D eigenvalue weighted by Crippen LogP contribution is -2.15. The van der Waals surface area contributed by atoms with Crippen molar-refractivity contribution in [3.8, 4) is 17.0 Å². The molecule has 25 heavy (non-hydrogen) atoms. The van der Waals surface area contributed by atoms with Crippen molar-refractivity contribution in [3.63, 3.8) is 0 Å². The molecule has 0 fully saturated rings. The molecule has 126 valence electrons. The molecule has 0 radical (unpaired) electrons. The van der Waals surface area contributed by atoms with E-state index >= 15 is 0 Å². The van der Waals surface area contributed by atoms with E-state index in [1.54, 1.807) is 24.0 Å². The van der Waals surface area contributed by atoms with E-state index in [4.69, 9.17) is 9.15 Å². The van der Waals surface area contributed by atoms with Crippen LogP contribution in [0, 0.1) is 0 Å². The van der Waals surface area contributed by atoms with Gasteiger partial charge in [0.2, 0.25) is 0 Å². The van der Waals surface area contributed by atoms with Crippen molar-refractivity contribution < 1.29 is 13.9 Å². The number of aryl methyl sites for hydroxylation is 1. The van der Waals surface area contributed by atoms with Crippen LogP contribution < -0.4 is 10.1 Å². The second-order valence-electron chi connectivity index (χ2n) is 5.48. The number of thiazole rings is 1. The van der Waals surface area contributed by atoms with Gasteiger partial charge in [-0.25, -0.2) is 4.98 Å². The number of hydrogen-bond acceptors (Lipinski definition) is 5. The van der Waals surface area contributed by atoms with Crippen LogP contribution in [0.5, 0.6) is 5.75 Å². The van der Waals surface area contributed by atoms with Gasteiger partial charge in [-0.1, -0.05) is 12.1 Å². The van der Waals surface area contributed by atoms with Crippen molar-refractivity contribution in [2.24, 2.45) is 7.05 Å². The van der Waals surface area contributed by atoms with Crippen LogP contribution in [-0.4, -0.2) is 22.6 Å². The Morgan fingerprint density at radius 3 is 3.00 bits per heavy atom. The maximum absolute atomic E-state index is 12.5. The van der Waals surface area contributed by atoms with E-state index in [-0.39, 0.29) is 5.91 Å². The fourth-order valence-electron chi connectivity index (χ4n) is 2.68. The summed E-state index contributed by atoms with van der Waals surface area (Å²) in [5, 5.41) is 5.29. The first kappa shape index (κ1) is 15.5. The predicted molar refractivity (Wildman–Crippen MR) is 97.2 cm³/mol. The first-order chi connectivity index (χ1) is 12.2. The van der Waals surface area contributed by atoms with Crippen molar-refractivity contribution in [1.29, 1.82) is 0 Å². The molecular weight excluding hydrogens is 338 g/mol. The van der Waals surface area contributed by atoms with Crippen molar-refractivity contribution >= 4 is 33.5 Å². The SMILES string of the molecule is COc1cccc(-c2csc(NC(=O)c3cc4occc4n3C)n2)c1. The van der Waals surface area contributed by atoms with Crippen molar-refractivity contribution in [2.75, 3.05) is 12.4 Å². The zero-order chi connectivity index (χ0) is 17.4. The molecule has 1 N–H and O–H groups in total. The Labute approximate surface area is 147 Å². The number of amides is 1. The molecule has 1 amide bonds. The third-order valence-electron chi connectivity index (χ3n) is 3.99. The molecule has 1 aromatic carbocycles. The molecular formula is C18H15N3O3S. The average molecular weight is 353 g/mol. The van der Waals surface area contributed by atoms with Crippen LogP contribution in [0.3, 0.4) is 0 Å². The third-order valence-corrected chi connectivity index (χ3v) is 4.74. The quantitative estimate of drug-likeness (QED) is 0.598. The molecule has 3 heterocycles. The number of ether oxygens (including phenoxy) is 1. The predicted octanol–water partition coefficient (Wildman–Crippen LogP) is 4.16. The lowest BCUT2D eigenvalue weighted by atomic mass is 10.2. The molecule has 4 rings (SSSR count). The van der Waals surface area contributed by atoms with Crippen LogP contribution in [0.25, 0.3) is 22.4 Å². The Morgan fingerprint density at radius 2 is 2.20 bits per heavy atom. The van der Waals surface area contributed by atoms with Gasteiger partial charge < -0.3 is 13.7 Å². The van der Waals surface area contributed by atoms with Crippen molar-refractivity contribution in [1.82, 2.24) is 9.55 Å². The summed E-state index contributed by atoms with van der Waals surface area (Å²) in [6.07, 6.45) is 1.60. The van der Waals surface area contributed by atoms with Crippen LogP contribution in [-0.2, 0) is 7.05 Å². The highest BCUT2D eigenvalue weighted by Crippen LogP contribution is 2.28. The smallest absolute Gasteiger partial charge is 0.274 e. The minimum absolute atomic E-state index is 0.222. The lowest BCUT2D eigenvalue weighted by molar-refractivity contribution is 0.101. The number of hydrogen-bond donors (Lipinski definition) is 1. The van der Waals surface area contributed by atoms with Gasteiger partial charge in [0.05, 0.1) is 24.6 Å². The van der Waals surface area contributed by atoms with E-state index in [9.17, 15) is 4.79 Å². The molecule has 3 aromatic heterocycles. The Morgan fingerprint density at radius 1 is 1.32 bits per heavy atom. The van der Waals surface area contributed by atoms with Gasteiger partial charge in [0.25, 0.3) is 5.91 Å².